The lowest BCUT2D eigenvalue weighted by atomic mass is 9.84. The number of amides is 1. The number of carbonyl (C=O) groups excluding carboxylic acids is 1. The minimum Gasteiger partial charge on any atom is -0.347 e. The predicted octanol–water partition coefficient (Wildman–Crippen LogP) is 4.20. The van der Waals surface area contributed by atoms with Crippen LogP contribution < -0.4 is 5.32 Å². The summed E-state index contributed by atoms with van der Waals surface area (Å²) in [6, 6.07) is 7.95. The molecule has 0 radical (unpaired) electrons. The van der Waals surface area contributed by atoms with Gasteiger partial charge < -0.3 is 10.4 Å². The minimum absolute atomic E-state index is 0.145. The Balaban J connectivity index is 1.43. The third-order valence-electron chi connectivity index (χ3n) is 6.05. The molecule has 3 heterocycles. The first-order chi connectivity index (χ1) is 14.2. The van der Waals surface area contributed by atoms with Crippen LogP contribution in [0, 0.1) is 5.92 Å². The molecule has 4 aromatic rings. The van der Waals surface area contributed by atoms with E-state index in [1.165, 1.54) is 32.1 Å². The van der Waals surface area contributed by atoms with Crippen molar-refractivity contribution >= 4 is 27.8 Å². The van der Waals surface area contributed by atoms with Gasteiger partial charge in [-0.15, -0.1) is 0 Å². The molecule has 0 saturated heterocycles. The van der Waals surface area contributed by atoms with Gasteiger partial charge in [0.1, 0.15) is 0 Å². The summed E-state index contributed by atoms with van der Waals surface area (Å²) in [4.78, 5) is 25.8. The van der Waals surface area contributed by atoms with Crippen molar-refractivity contribution in [1.29, 1.82) is 0 Å². The fourth-order valence-electron chi connectivity index (χ4n) is 4.39. The summed E-state index contributed by atoms with van der Waals surface area (Å²) in [6.07, 6.45) is 9.71. The van der Waals surface area contributed by atoms with Gasteiger partial charge in [0, 0.05) is 29.4 Å². The third kappa shape index (κ3) is 3.37. The molecule has 1 aromatic carbocycles. The standard InChI is InChI=1S/C22H24N6O/c1-13(14-5-3-2-4-6-14)24-22(29)21-25-18-11-16-17(12-19(18)26-21)27-28-20(16)15-7-9-23-10-8-15/h7-14,27-28H,2-6H2,1H3,(H,24,29). The molecule has 1 unspecified atom stereocenters. The maximum absolute atomic E-state index is 12.7. The van der Waals surface area contributed by atoms with Gasteiger partial charge in [-0.05, 0) is 49.9 Å². The zero-order chi connectivity index (χ0) is 19.8. The van der Waals surface area contributed by atoms with Crippen LogP contribution in [0.15, 0.2) is 36.7 Å². The van der Waals surface area contributed by atoms with Crippen LogP contribution in [-0.4, -0.2) is 37.1 Å². The van der Waals surface area contributed by atoms with Crippen molar-refractivity contribution in [3.63, 3.8) is 0 Å². The number of rotatable bonds is 4. The van der Waals surface area contributed by atoms with E-state index in [2.05, 4.69) is 37.4 Å². The molecule has 7 heteroatoms. The Morgan fingerprint density at radius 3 is 2.55 bits per heavy atom. The topological polar surface area (TPSA) is 99.3 Å². The minimum atomic E-state index is -0.191. The zero-order valence-electron chi connectivity index (χ0n) is 16.4. The van der Waals surface area contributed by atoms with Gasteiger partial charge in [0.15, 0.2) is 0 Å². The lowest BCUT2D eigenvalue weighted by molar-refractivity contribution is 0.0910. The number of H-pyrrole nitrogens is 2. The van der Waals surface area contributed by atoms with Crippen LogP contribution in [0.5, 0.6) is 0 Å². The van der Waals surface area contributed by atoms with Gasteiger partial charge in [-0.2, -0.15) is 0 Å². The SMILES string of the molecule is CC(NC(=O)c1nc2cc3[nH][nH]c(-c4ccncc4)c3cc2n1)C1CCCCC1. The van der Waals surface area contributed by atoms with E-state index < -0.39 is 0 Å². The summed E-state index contributed by atoms with van der Waals surface area (Å²) in [5.74, 6) is 0.599. The average molecular weight is 388 g/mol. The molecule has 1 atom stereocenters. The normalized spacial score (nSPS) is 16.3. The van der Waals surface area contributed by atoms with Crippen LogP contribution in [0.2, 0.25) is 0 Å². The number of pyridine rings is 1. The van der Waals surface area contributed by atoms with Gasteiger partial charge in [0.2, 0.25) is 5.82 Å². The molecule has 3 N–H and O–H groups in total. The molecule has 1 aliphatic rings. The summed E-state index contributed by atoms with van der Waals surface area (Å²) in [5.41, 5.74) is 4.35. The fraction of sp³-hybridized carbons (Fsp3) is 0.364. The number of carbonyl (C=O) groups is 1. The summed E-state index contributed by atoms with van der Waals surface area (Å²) < 4.78 is 0. The molecular formula is C22H24N6O. The number of imidazole rings is 1. The van der Waals surface area contributed by atoms with Crippen molar-refractivity contribution in [1.82, 2.24) is 30.5 Å². The van der Waals surface area contributed by atoms with Gasteiger partial charge in [-0.25, -0.2) is 9.97 Å². The van der Waals surface area contributed by atoms with Gasteiger partial charge in [-0.1, -0.05) is 19.3 Å². The molecule has 3 aromatic heterocycles. The number of fused-ring (bicyclic) bond motifs is 2. The molecule has 0 bridgehead atoms. The number of hydrogen-bond acceptors (Lipinski definition) is 4. The smallest absolute Gasteiger partial charge is 0.289 e. The zero-order valence-corrected chi connectivity index (χ0v) is 16.4. The second-order valence-corrected chi connectivity index (χ2v) is 7.95. The highest BCUT2D eigenvalue weighted by Gasteiger charge is 2.23. The van der Waals surface area contributed by atoms with E-state index in [9.17, 15) is 4.79 Å². The highest BCUT2D eigenvalue weighted by molar-refractivity contribution is 6.02. The van der Waals surface area contributed by atoms with Crippen LogP contribution in [0.4, 0.5) is 0 Å². The molecule has 0 spiro atoms. The van der Waals surface area contributed by atoms with Crippen molar-refractivity contribution < 1.29 is 4.79 Å². The summed E-state index contributed by atoms with van der Waals surface area (Å²) in [5, 5.41) is 10.5. The van der Waals surface area contributed by atoms with E-state index in [-0.39, 0.29) is 17.8 Å². The summed E-state index contributed by atoms with van der Waals surface area (Å²) in [6.45, 7) is 2.09. The van der Waals surface area contributed by atoms with Crippen molar-refractivity contribution in [2.75, 3.05) is 0 Å². The van der Waals surface area contributed by atoms with Crippen molar-refractivity contribution in [2.24, 2.45) is 5.92 Å². The third-order valence-corrected chi connectivity index (χ3v) is 6.05. The van der Waals surface area contributed by atoms with Gasteiger partial charge in [0.05, 0.1) is 22.2 Å². The number of nitrogens with zero attached hydrogens (tertiary/aromatic N) is 3. The lowest BCUT2D eigenvalue weighted by Crippen LogP contribution is -2.39. The molecule has 0 aliphatic heterocycles. The average Bonchev–Trinajstić information content (AvgIpc) is 3.36. The first-order valence-corrected chi connectivity index (χ1v) is 10.3. The predicted molar refractivity (Wildman–Crippen MR) is 112 cm³/mol. The van der Waals surface area contributed by atoms with Crippen molar-refractivity contribution in [2.45, 2.75) is 45.1 Å². The lowest BCUT2D eigenvalue weighted by Gasteiger charge is -2.27. The maximum Gasteiger partial charge on any atom is 0.289 e. The van der Waals surface area contributed by atoms with Crippen LogP contribution in [-0.2, 0) is 0 Å². The Bertz CT molecular complexity index is 1160. The van der Waals surface area contributed by atoms with Crippen molar-refractivity contribution in [3.05, 3.63) is 42.5 Å². The van der Waals surface area contributed by atoms with E-state index in [1.54, 1.807) is 12.4 Å². The number of aromatic nitrogens is 5. The molecule has 1 aliphatic carbocycles. The molecule has 7 nitrogen and oxygen atoms in total. The van der Waals surface area contributed by atoms with E-state index in [4.69, 9.17) is 0 Å². The molecule has 1 fully saturated rings. The molecule has 1 amide bonds. The van der Waals surface area contributed by atoms with Crippen LogP contribution in [0.1, 0.15) is 49.6 Å². The number of hydrogen-bond donors (Lipinski definition) is 3. The Morgan fingerprint density at radius 2 is 1.79 bits per heavy atom. The van der Waals surface area contributed by atoms with Crippen LogP contribution in [0.3, 0.4) is 0 Å². The summed E-state index contributed by atoms with van der Waals surface area (Å²) >= 11 is 0. The second kappa shape index (κ2) is 7.31. The molecule has 29 heavy (non-hydrogen) atoms. The largest absolute Gasteiger partial charge is 0.347 e. The Hall–Kier alpha value is -3.22. The molecule has 148 valence electrons. The first-order valence-electron chi connectivity index (χ1n) is 10.3. The monoisotopic (exact) mass is 388 g/mol. The van der Waals surface area contributed by atoms with Crippen LogP contribution >= 0.6 is 0 Å². The van der Waals surface area contributed by atoms with Gasteiger partial charge >= 0.3 is 0 Å². The van der Waals surface area contributed by atoms with E-state index >= 15 is 0 Å². The number of benzene rings is 1. The first kappa shape index (κ1) is 17.8. The fourth-order valence-corrected chi connectivity index (χ4v) is 4.39. The van der Waals surface area contributed by atoms with E-state index in [1.807, 2.05) is 24.3 Å². The maximum atomic E-state index is 12.7. The van der Waals surface area contributed by atoms with E-state index in [0.717, 1.165) is 27.7 Å². The highest BCUT2D eigenvalue weighted by atomic mass is 16.2. The van der Waals surface area contributed by atoms with Gasteiger partial charge in [-0.3, -0.25) is 14.9 Å². The quantitative estimate of drug-likeness (QED) is 0.488. The second-order valence-electron chi connectivity index (χ2n) is 7.95. The van der Waals surface area contributed by atoms with Gasteiger partial charge in [0.25, 0.3) is 5.91 Å². The van der Waals surface area contributed by atoms with E-state index in [0.29, 0.717) is 11.4 Å². The Kier molecular flexibility index (Phi) is 4.50. The molecular weight excluding hydrogens is 364 g/mol. The highest BCUT2D eigenvalue weighted by Crippen LogP contribution is 2.29. The Morgan fingerprint density at radius 1 is 1.07 bits per heavy atom. The number of nitrogens with one attached hydrogen (secondary N) is 3. The van der Waals surface area contributed by atoms with Crippen LogP contribution in [0.25, 0.3) is 33.2 Å². The summed E-state index contributed by atoms with van der Waals surface area (Å²) in [7, 11) is 0. The molecule has 5 rings (SSSR count). The molecule has 1 saturated carbocycles. The van der Waals surface area contributed by atoms with Crippen molar-refractivity contribution in [3.8, 4) is 11.3 Å². The number of aromatic amines is 2. The Labute approximate surface area is 168 Å².